The minimum atomic E-state index is 0.187. The van der Waals surface area contributed by atoms with Crippen molar-refractivity contribution in [3.8, 4) is 5.69 Å². The average Bonchev–Trinajstić information content (AvgIpc) is 3.17. The molecule has 1 aliphatic rings. The van der Waals surface area contributed by atoms with Gasteiger partial charge in [0, 0.05) is 34.9 Å². The highest BCUT2D eigenvalue weighted by Crippen LogP contribution is 2.28. The van der Waals surface area contributed by atoms with Crippen LogP contribution in [0.2, 0.25) is 0 Å². The first-order valence-electron chi connectivity index (χ1n) is 8.75. The van der Waals surface area contributed by atoms with Gasteiger partial charge < -0.3 is 9.47 Å². The number of carbonyl (C=O) groups excluding carboxylic acids is 1. The Labute approximate surface area is 148 Å². The van der Waals surface area contributed by atoms with Gasteiger partial charge in [-0.15, -0.1) is 0 Å². The Kier molecular flexibility index (Phi) is 3.92. The van der Waals surface area contributed by atoms with Gasteiger partial charge in [0.05, 0.1) is 6.54 Å². The molecule has 0 radical (unpaired) electrons. The monoisotopic (exact) mass is 330 g/mol. The Morgan fingerprint density at radius 1 is 1.00 bits per heavy atom. The summed E-state index contributed by atoms with van der Waals surface area (Å²) in [5, 5.41) is 0. The van der Waals surface area contributed by atoms with Crippen LogP contribution in [-0.2, 0) is 6.42 Å². The molecule has 2 aromatic carbocycles. The number of anilines is 1. The standard InChI is InChI=1S/C22H22N2O/c1-16-14-20(17(2)24(16)19-9-4-3-5-10-19)22(25)15-23-13-12-18-8-6-7-11-21(18)23/h3-11,14H,12-13,15H2,1-2H3. The fraction of sp³-hybridized carbons (Fsp3) is 0.227. The average molecular weight is 330 g/mol. The van der Waals surface area contributed by atoms with Crippen molar-refractivity contribution in [3.05, 3.63) is 83.2 Å². The molecule has 0 aliphatic carbocycles. The first-order chi connectivity index (χ1) is 12.1. The van der Waals surface area contributed by atoms with Crippen LogP contribution in [0.3, 0.4) is 0 Å². The van der Waals surface area contributed by atoms with E-state index in [1.807, 2.05) is 37.3 Å². The second-order valence-electron chi connectivity index (χ2n) is 6.68. The van der Waals surface area contributed by atoms with E-state index in [9.17, 15) is 4.79 Å². The lowest BCUT2D eigenvalue weighted by Crippen LogP contribution is -2.28. The van der Waals surface area contributed by atoms with Crippen molar-refractivity contribution in [1.82, 2.24) is 4.57 Å². The lowest BCUT2D eigenvalue weighted by molar-refractivity contribution is 0.0999. The number of fused-ring (bicyclic) bond motifs is 1. The third-order valence-corrected chi connectivity index (χ3v) is 5.06. The molecule has 25 heavy (non-hydrogen) atoms. The zero-order valence-electron chi connectivity index (χ0n) is 14.7. The first kappa shape index (κ1) is 15.7. The van der Waals surface area contributed by atoms with Crippen LogP contribution in [-0.4, -0.2) is 23.4 Å². The number of para-hydroxylation sites is 2. The van der Waals surface area contributed by atoms with Gasteiger partial charge in [-0.2, -0.15) is 0 Å². The molecular formula is C22H22N2O. The third kappa shape index (κ3) is 2.76. The fourth-order valence-electron chi connectivity index (χ4n) is 3.85. The van der Waals surface area contributed by atoms with E-state index in [0.717, 1.165) is 35.6 Å². The molecule has 0 spiro atoms. The summed E-state index contributed by atoms with van der Waals surface area (Å²) in [6.07, 6.45) is 1.02. The molecule has 0 fully saturated rings. The maximum atomic E-state index is 13.0. The van der Waals surface area contributed by atoms with Gasteiger partial charge in [0.15, 0.2) is 5.78 Å². The molecular weight excluding hydrogens is 308 g/mol. The summed E-state index contributed by atoms with van der Waals surface area (Å²) < 4.78 is 2.16. The number of carbonyl (C=O) groups is 1. The van der Waals surface area contributed by atoms with Gasteiger partial charge in [-0.05, 0) is 50.1 Å². The van der Waals surface area contributed by atoms with Crippen LogP contribution in [0.25, 0.3) is 5.69 Å². The molecule has 1 aliphatic heterocycles. The van der Waals surface area contributed by atoms with Crippen molar-refractivity contribution in [3.63, 3.8) is 0 Å². The van der Waals surface area contributed by atoms with E-state index < -0.39 is 0 Å². The summed E-state index contributed by atoms with van der Waals surface area (Å²) in [6.45, 7) is 5.45. The van der Waals surface area contributed by atoms with Crippen molar-refractivity contribution >= 4 is 11.5 Å². The lowest BCUT2D eigenvalue weighted by Gasteiger charge is -2.18. The zero-order chi connectivity index (χ0) is 17.4. The molecule has 3 heteroatoms. The highest BCUT2D eigenvalue weighted by atomic mass is 16.1. The second-order valence-corrected chi connectivity index (χ2v) is 6.68. The second kappa shape index (κ2) is 6.25. The zero-order valence-corrected chi connectivity index (χ0v) is 14.7. The minimum Gasteiger partial charge on any atom is -0.363 e. The Morgan fingerprint density at radius 2 is 1.72 bits per heavy atom. The molecule has 4 rings (SSSR count). The third-order valence-electron chi connectivity index (χ3n) is 5.06. The first-order valence-corrected chi connectivity index (χ1v) is 8.75. The van der Waals surface area contributed by atoms with Crippen LogP contribution < -0.4 is 4.90 Å². The van der Waals surface area contributed by atoms with Crippen molar-refractivity contribution < 1.29 is 4.79 Å². The SMILES string of the molecule is Cc1cc(C(=O)CN2CCc3ccccc32)c(C)n1-c1ccccc1. The highest BCUT2D eigenvalue weighted by Gasteiger charge is 2.23. The van der Waals surface area contributed by atoms with Crippen molar-refractivity contribution in [2.45, 2.75) is 20.3 Å². The van der Waals surface area contributed by atoms with Crippen LogP contribution >= 0.6 is 0 Å². The summed E-state index contributed by atoms with van der Waals surface area (Å²) in [5.74, 6) is 0.187. The number of rotatable bonds is 4. The number of benzene rings is 2. The van der Waals surface area contributed by atoms with Crippen LogP contribution in [0, 0.1) is 13.8 Å². The number of aryl methyl sites for hydroxylation is 1. The van der Waals surface area contributed by atoms with E-state index >= 15 is 0 Å². The Balaban J connectivity index is 1.62. The van der Waals surface area contributed by atoms with Crippen molar-refractivity contribution in [2.75, 3.05) is 18.0 Å². The van der Waals surface area contributed by atoms with Gasteiger partial charge in [-0.3, -0.25) is 4.79 Å². The summed E-state index contributed by atoms with van der Waals surface area (Å²) in [7, 11) is 0. The number of hydrogen-bond acceptors (Lipinski definition) is 2. The molecule has 3 nitrogen and oxygen atoms in total. The number of nitrogens with zero attached hydrogens (tertiary/aromatic N) is 2. The summed E-state index contributed by atoms with van der Waals surface area (Å²) >= 11 is 0. The largest absolute Gasteiger partial charge is 0.363 e. The van der Waals surface area contributed by atoms with E-state index in [1.165, 1.54) is 11.3 Å². The molecule has 1 aromatic heterocycles. The summed E-state index contributed by atoms with van der Waals surface area (Å²) in [6, 6.07) is 20.6. The fourth-order valence-corrected chi connectivity index (χ4v) is 3.85. The topological polar surface area (TPSA) is 25.2 Å². The van der Waals surface area contributed by atoms with Crippen LogP contribution in [0.1, 0.15) is 27.3 Å². The van der Waals surface area contributed by atoms with Crippen molar-refractivity contribution in [1.29, 1.82) is 0 Å². The maximum Gasteiger partial charge on any atom is 0.183 e. The number of aromatic nitrogens is 1. The normalized spacial score (nSPS) is 13.1. The van der Waals surface area contributed by atoms with Gasteiger partial charge >= 0.3 is 0 Å². The smallest absolute Gasteiger partial charge is 0.183 e. The van der Waals surface area contributed by atoms with Gasteiger partial charge in [0.25, 0.3) is 0 Å². The van der Waals surface area contributed by atoms with E-state index in [1.54, 1.807) is 0 Å². The van der Waals surface area contributed by atoms with Crippen LogP contribution in [0.15, 0.2) is 60.7 Å². The molecule has 126 valence electrons. The van der Waals surface area contributed by atoms with E-state index in [4.69, 9.17) is 0 Å². The highest BCUT2D eigenvalue weighted by molar-refractivity contribution is 6.01. The van der Waals surface area contributed by atoms with E-state index in [0.29, 0.717) is 6.54 Å². The molecule has 0 bridgehead atoms. The molecule has 0 atom stereocenters. The molecule has 0 amide bonds. The molecule has 0 saturated carbocycles. The Hall–Kier alpha value is -2.81. The van der Waals surface area contributed by atoms with E-state index in [2.05, 4.69) is 46.7 Å². The van der Waals surface area contributed by atoms with Gasteiger partial charge in [-0.1, -0.05) is 36.4 Å². The predicted octanol–water partition coefficient (Wildman–Crippen LogP) is 4.34. The molecule has 0 unspecified atom stereocenters. The molecule has 0 N–H and O–H groups in total. The van der Waals surface area contributed by atoms with Gasteiger partial charge in [-0.25, -0.2) is 0 Å². The lowest BCUT2D eigenvalue weighted by atomic mass is 10.1. The molecule has 3 aromatic rings. The predicted molar refractivity (Wildman–Crippen MR) is 102 cm³/mol. The minimum absolute atomic E-state index is 0.187. The quantitative estimate of drug-likeness (QED) is 0.665. The molecule has 2 heterocycles. The summed E-state index contributed by atoms with van der Waals surface area (Å²) in [5.41, 5.74) is 6.57. The maximum absolute atomic E-state index is 13.0. The number of ketones is 1. The van der Waals surface area contributed by atoms with Crippen LogP contribution in [0.4, 0.5) is 5.69 Å². The summed E-state index contributed by atoms with van der Waals surface area (Å²) in [4.78, 5) is 15.2. The number of Topliss-reactive ketones (excluding diaryl/α,β-unsaturated/α-hetero) is 1. The Morgan fingerprint density at radius 3 is 2.52 bits per heavy atom. The molecule has 0 saturated heterocycles. The van der Waals surface area contributed by atoms with Gasteiger partial charge in [0.2, 0.25) is 0 Å². The van der Waals surface area contributed by atoms with E-state index in [-0.39, 0.29) is 5.78 Å². The number of hydrogen-bond donors (Lipinski definition) is 0. The van der Waals surface area contributed by atoms with Gasteiger partial charge in [0.1, 0.15) is 0 Å². The van der Waals surface area contributed by atoms with Crippen LogP contribution in [0.5, 0.6) is 0 Å². The Bertz CT molecular complexity index is 924. The van der Waals surface area contributed by atoms with Crippen molar-refractivity contribution in [2.24, 2.45) is 0 Å².